The van der Waals surface area contributed by atoms with Crippen molar-refractivity contribution in [2.45, 2.75) is 11.8 Å². The third kappa shape index (κ3) is 3.75. The summed E-state index contributed by atoms with van der Waals surface area (Å²) in [5, 5.41) is 11.2. The number of aryl methyl sites for hydroxylation is 1. The smallest absolute Gasteiger partial charge is 0.350 e. The zero-order valence-electron chi connectivity index (χ0n) is 15.8. The van der Waals surface area contributed by atoms with Gasteiger partial charge in [0, 0.05) is 22.1 Å². The molecule has 1 heterocycles. The lowest BCUT2D eigenvalue weighted by Gasteiger charge is -2.09. The lowest BCUT2D eigenvalue weighted by Crippen LogP contribution is -2.11. The average Bonchev–Trinajstić information content (AvgIpc) is 3.05. The predicted octanol–water partition coefficient (Wildman–Crippen LogP) is 5.45. The van der Waals surface area contributed by atoms with E-state index in [1.165, 1.54) is 36.0 Å². The van der Waals surface area contributed by atoms with Gasteiger partial charge in [0.15, 0.2) is 0 Å². The van der Waals surface area contributed by atoms with Crippen molar-refractivity contribution in [3.05, 3.63) is 104 Å². The Hall–Kier alpha value is -3.71. The third-order valence-corrected chi connectivity index (χ3v) is 5.65. The molecule has 0 unspecified atom stereocenters. The Labute approximate surface area is 176 Å². The summed E-state index contributed by atoms with van der Waals surface area (Å²) >= 11 is 1.36. The van der Waals surface area contributed by atoms with Crippen molar-refractivity contribution < 1.29 is 19.2 Å². The van der Waals surface area contributed by atoms with Crippen LogP contribution in [0.4, 0.5) is 5.69 Å². The molecule has 0 atom stereocenters. The number of nitro groups is 1. The zero-order valence-corrected chi connectivity index (χ0v) is 16.6. The van der Waals surface area contributed by atoms with E-state index in [0.717, 1.165) is 10.5 Å². The molecule has 3 aromatic carbocycles. The van der Waals surface area contributed by atoms with Crippen LogP contribution in [0.25, 0.3) is 6.08 Å². The predicted molar refractivity (Wildman–Crippen MR) is 114 cm³/mol. The van der Waals surface area contributed by atoms with Crippen molar-refractivity contribution in [2.24, 2.45) is 0 Å². The van der Waals surface area contributed by atoms with Gasteiger partial charge in [0.2, 0.25) is 5.78 Å². The molecule has 0 amide bonds. The van der Waals surface area contributed by atoms with Crippen molar-refractivity contribution in [3.8, 4) is 5.75 Å². The molecule has 3 aromatic rings. The fraction of sp³-hybridized carbons (Fsp3) is 0.0435. The quantitative estimate of drug-likeness (QED) is 0.184. The van der Waals surface area contributed by atoms with Gasteiger partial charge in [0.25, 0.3) is 5.69 Å². The van der Waals surface area contributed by atoms with Crippen LogP contribution in [0, 0.1) is 17.0 Å². The van der Waals surface area contributed by atoms with E-state index in [1.54, 1.807) is 30.3 Å². The molecule has 0 saturated heterocycles. The first kappa shape index (κ1) is 19.6. The molecule has 7 heteroatoms. The molecule has 0 fully saturated rings. The second-order valence-corrected chi connectivity index (χ2v) is 7.72. The number of ether oxygens (including phenoxy) is 1. The van der Waals surface area contributed by atoms with Crippen LogP contribution < -0.4 is 4.74 Å². The Morgan fingerprint density at radius 3 is 2.57 bits per heavy atom. The van der Waals surface area contributed by atoms with E-state index in [-0.39, 0.29) is 22.8 Å². The highest BCUT2D eigenvalue weighted by Crippen LogP contribution is 2.41. The molecule has 1 aliphatic heterocycles. The zero-order chi connectivity index (χ0) is 21.3. The molecule has 0 bridgehead atoms. The van der Waals surface area contributed by atoms with Crippen LogP contribution in [-0.2, 0) is 0 Å². The number of nitrogens with zero attached hydrogens (tertiary/aromatic N) is 1. The fourth-order valence-electron chi connectivity index (χ4n) is 3.11. The maximum absolute atomic E-state index is 12.7. The van der Waals surface area contributed by atoms with E-state index in [0.29, 0.717) is 16.0 Å². The highest BCUT2D eigenvalue weighted by atomic mass is 32.2. The molecular formula is C23H15NO5S. The van der Waals surface area contributed by atoms with E-state index < -0.39 is 10.9 Å². The van der Waals surface area contributed by atoms with Gasteiger partial charge in [-0.25, -0.2) is 4.79 Å². The number of rotatable bonds is 4. The lowest BCUT2D eigenvalue weighted by molar-refractivity contribution is -0.385. The van der Waals surface area contributed by atoms with Crippen molar-refractivity contribution in [2.75, 3.05) is 0 Å². The van der Waals surface area contributed by atoms with Crippen LogP contribution in [0.3, 0.4) is 0 Å². The average molecular weight is 417 g/mol. The van der Waals surface area contributed by atoms with Gasteiger partial charge in [-0.15, -0.1) is 0 Å². The Morgan fingerprint density at radius 1 is 1.07 bits per heavy atom. The van der Waals surface area contributed by atoms with Crippen molar-refractivity contribution in [3.63, 3.8) is 0 Å². The minimum atomic E-state index is -0.834. The maximum Gasteiger partial charge on any atom is 0.350 e. The van der Waals surface area contributed by atoms with Gasteiger partial charge >= 0.3 is 5.97 Å². The normalized spacial score (nSPS) is 13.9. The summed E-state index contributed by atoms with van der Waals surface area (Å²) in [5.41, 5.74) is 1.64. The van der Waals surface area contributed by atoms with Gasteiger partial charge in [-0.2, -0.15) is 0 Å². The van der Waals surface area contributed by atoms with E-state index in [9.17, 15) is 19.7 Å². The largest absolute Gasteiger partial charge is 0.422 e. The van der Waals surface area contributed by atoms with Crippen LogP contribution in [0.1, 0.15) is 31.8 Å². The molecule has 0 spiro atoms. The van der Waals surface area contributed by atoms with Crippen LogP contribution in [-0.4, -0.2) is 16.7 Å². The summed E-state index contributed by atoms with van der Waals surface area (Å²) in [6.45, 7) is 1.88. The van der Waals surface area contributed by atoms with Crippen molar-refractivity contribution in [1.29, 1.82) is 0 Å². The second kappa shape index (κ2) is 7.96. The van der Waals surface area contributed by atoms with E-state index in [1.807, 2.05) is 25.1 Å². The number of nitro benzene ring substituents is 1. The monoisotopic (exact) mass is 417 g/mol. The number of carbonyl (C=O) groups is 2. The van der Waals surface area contributed by atoms with Crippen LogP contribution in [0.15, 0.2) is 76.5 Å². The van der Waals surface area contributed by atoms with Crippen LogP contribution in [0.5, 0.6) is 5.75 Å². The van der Waals surface area contributed by atoms with Gasteiger partial charge < -0.3 is 4.74 Å². The molecular weight excluding hydrogens is 402 g/mol. The lowest BCUT2D eigenvalue weighted by atomic mass is 10.1. The van der Waals surface area contributed by atoms with Gasteiger partial charge in [-0.05, 0) is 43.3 Å². The number of carbonyl (C=O) groups excluding carboxylic acids is 2. The highest BCUT2D eigenvalue weighted by Gasteiger charge is 2.26. The molecule has 0 N–H and O–H groups in total. The SMILES string of the molecule is Cc1ccc(OC(=O)c2ccccc2[N+](=O)[O-])c(C=C2Sc3ccccc3C2=O)c1. The van der Waals surface area contributed by atoms with Crippen LogP contribution >= 0.6 is 11.8 Å². The van der Waals surface area contributed by atoms with Gasteiger partial charge in [-0.3, -0.25) is 14.9 Å². The minimum Gasteiger partial charge on any atom is -0.422 e. The number of allylic oxidation sites excluding steroid dienone is 1. The van der Waals surface area contributed by atoms with Crippen molar-refractivity contribution >= 4 is 35.3 Å². The van der Waals surface area contributed by atoms with E-state index >= 15 is 0 Å². The molecule has 0 saturated carbocycles. The molecule has 1 aliphatic rings. The second-order valence-electron chi connectivity index (χ2n) is 6.64. The maximum atomic E-state index is 12.7. The Kier molecular flexibility index (Phi) is 5.20. The molecule has 6 nitrogen and oxygen atoms in total. The Bertz CT molecular complexity index is 1230. The fourth-order valence-corrected chi connectivity index (χ4v) is 4.15. The molecule has 0 radical (unpaired) electrons. The number of hydrogen-bond acceptors (Lipinski definition) is 6. The summed E-state index contributed by atoms with van der Waals surface area (Å²) < 4.78 is 5.49. The van der Waals surface area contributed by atoms with Gasteiger partial charge in [0.05, 0.1) is 9.83 Å². The standard InChI is InChI=1S/C23H15NO5S/c1-14-10-11-19(29-23(26)16-6-2-4-8-18(16)24(27)28)15(12-14)13-21-22(25)17-7-3-5-9-20(17)30-21/h2-13H,1H3. The summed E-state index contributed by atoms with van der Waals surface area (Å²) in [6, 6.07) is 18.1. The number of Topliss-reactive ketones (excluding diaryl/α,β-unsaturated/α-hetero) is 1. The number of hydrogen-bond donors (Lipinski definition) is 0. The number of para-hydroxylation sites is 1. The first-order valence-corrected chi connectivity index (χ1v) is 9.85. The summed E-state index contributed by atoms with van der Waals surface area (Å²) in [7, 11) is 0. The summed E-state index contributed by atoms with van der Waals surface area (Å²) in [4.78, 5) is 37.3. The first-order chi connectivity index (χ1) is 14.4. The van der Waals surface area contributed by atoms with Gasteiger partial charge in [-0.1, -0.05) is 47.7 Å². The number of thioether (sulfide) groups is 1. The topological polar surface area (TPSA) is 86.5 Å². The first-order valence-electron chi connectivity index (χ1n) is 9.03. The number of esters is 1. The molecule has 0 aromatic heterocycles. The molecule has 4 rings (SSSR count). The number of ketones is 1. The molecule has 148 valence electrons. The molecule has 30 heavy (non-hydrogen) atoms. The molecule has 0 aliphatic carbocycles. The highest BCUT2D eigenvalue weighted by molar-refractivity contribution is 8.04. The third-order valence-electron chi connectivity index (χ3n) is 4.55. The van der Waals surface area contributed by atoms with Crippen LogP contribution in [0.2, 0.25) is 0 Å². The summed E-state index contributed by atoms with van der Waals surface area (Å²) in [6.07, 6.45) is 1.68. The van der Waals surface area contributed by atoms with E-state index in [2.05, 4.69) is 0 Å². The Morgan fingerprint density at radius 2 is 1.80 bits per heavy atom. The summed E-state index contributed by atoms with van der Waals surface area (Å²) in [5.74, 6) is -0.701. The van der Waals surface area contributed by atoms with E-state index in [4.69, 9.17) is 4.74 Å². The Balaban J connectivity index is 1.68. The van der Waals surface area contributed by atoms with Crippen molar-refractivity contribution in [1.82, 2.24) is 0 Å². The minimum absolute atomic E-state index is 0.0897. The van der Waals surface area contributed by atoms with Gasteiger partial charge in [0.1, 0.15) is 11.3 Å². The number of benzene rings is 3. The number of fused-ring (bicyclic) bond motifs is 1.